The number of amides is 1. The number of nitrogens with one attached hydrogen (secondary N) is 1. The maximum absolute atomic E-state index is 11.2. The van der Waals surface area contributed by atoms with Gasteiger partial charge in [-0.05, 0) is 25.1 Å². The van der Waals surface area contributed by atoms with Crippen molar-refractivity contribution in [1.82, 2.24) is 0 Å². The fourth-order valence-corrected chi connectivity index (χ4v) is 1.17. The summed E-state index contributed by atoms with van der Waals surface area (Å²) in [5.74, 6) is -0.543. The Morgan fingerprint density at radius 2 is 2.13 bits per heavy atom. The number of Topliss-reactive ketones (excluding diaryl/α,β-unsaturated/α-hetero) is 1. The average Bonchev–Trinajstić information content (AvgIpc) is 2.10. The van der Waals surface area contributed by atoms with Gasteiger partial charge in [-0.1, -0.05) is 11.6 Å². The molecule has 0 heterocycles. The van der Waals surface area contributed by atoms with Crippen molar-refractivity contribution in [2.24, 2.45) is 0 Å². The minimum Gasteiger partial charge on any atom is -0.397 e. The SMILES string of the molecule is CC(=O)CC(=O)Nc1ccc(Cl)c(N)c1. The predicted octanol–water partition coefficient (Wildman–Crippen LogP) is 1.84. The second-order valence-corrected chi connectivity index (χ2v) is 3.57. The second-order valence-electron chi connectivity index (χ2n) is 3.16. The quantitative estimate of drug-likeness (QED) is 0.610. The molecule has 1 aromatic carbocycles. The molecule has 0 saturated heterocycles. The molecule has 0 fully saturated rings. The van der Waals surface area contributed by atoms with Crippen LogP contribution in [-0.4, -0.2) is 11.7 Å². The van der Waals surface area contributed by atoms with Crippen LogP contribution in [0.15, 0.2) is 18.2 Å². The molecule has 5 heteroatoms. The van der Waals surface area contributed by atoms with Gasteiger partial charge in [0, 0.05) is 5.69 Å². The van der Waals surface area contributed by atoms with Gasteiger partial charge in [0.2, 0.25) is 5.91 Å². The van der Waals surface area contributed by atoms with Crippen molar-refractivity contribution in [3.8, 4) is 0 Å². The van der Waals surface area contributed by atoms with Crippen LogP contribution in [0.25, 0.3) is 0 Å². The van der Waals surface area contributed by atoms with E-state index >= 15 is 0 Å². The fourth-order valence-electron chi connectivity index (χ4n) is 1.05. The first-order chi connectivity index (χ1) is 6.99. The molecule has 0 atom stereocenters. The van der Waals surface area contributed by atoms with E-state index in [4.69, 9.17) is 17.3 Å². The molecule has 0 spiro atoms. The van der Waals surface area contributed by atoms with Gasteiger partial charge in [-0.25, -0.2) is 0 Å². The molecule has 80 valence electrons. The highest BCUT2D eigenvalue weighted by atomic mass is 35.5. The number of anilines is 2. The van der Waals surface area contributed by atoms with E-state index in [-0.39, 0.29) is 18.1 Å². The Morgan fingerprint density at radius 3 is 2.67 bits per heavy atom. The summed E-state index contributed by atoms with van der Waals surface area (Å²) in [5.41, 5.74) is 6.46. The van der Waals surface area contributed by atoms with Gasteiger partial charge < -0.3 is 11.1 Å². The summed E-state index contributed by atoms with van der Waals surface area (Å²) < 4.78 is 0. The van der Waals surface area contributed by atoms with Crippen LogP contribution in [0.5, 0.6) is 0 Å². The van der Waals surface area contributed by atoms with Crippen LogP contribution in [0.1, 0.15) is 13.3 Å². The average molecular weight is 227 g/mol. The molecule has 0 unspecified atom stereocenters. The van der Waals surface area contributed by atoms with Crippen molar-refractivity contribution in [3.63, 3.8) is 0 Å². The summed E-state index contributed by atoms with van der Waals surface area (Å²) in [5, 5.41) is 2.97. The minimum absolute atomic E-state index is 0.136. The molecule has 0 aliphatic carbocycles. The van der Waals surface area contributed by atoms with Crippen LogP contribution in [0.2, 0.25) is 5.02 Å². The smallest absolute Gasteiger partial charge is 0.231 e. The van der Waals surface area contributed by atoms with Crippen LogP contribution in [-0.2, 0) is 9.59 Å². The van der Waals surface area contributed by atoms with Crippen molar-refractivity contribution in [1.29, 1.82) is 0 Å². The van der Waals surface area contributed by atoms with Crippen molar-refractivity contribution in [2.45, 2.75) is 13.3 Å². The van der Waals surface area contributed by atoms with Gasteiger partial charge >= 0.3 is 0 Å². The Morgan fingerprint density at radius 1 is 1.47 bits per heavy atom. The monoisotopic (exact) mass is 226 g/mol. The van der Waals surface area contributed by atoms with Crippen LogP contribution in [0.3, 0.4) is 0 Å². The van der Waals surface area contributed by atoms with Crippen molar-refractivity contribution >= 4 is 34.7 Å². The van der Waals surface area contributed by atoms with E-state index in [2.05, 4.69) is 5.32 Å². The van der Waals surface area contributed by atoms with E-state index in [1.165, 1.54) is 6.92 Å². The molecule has 15 heavy (non-hydrogen) atoms. The number of nitrogen functional groups attached to an aromatic ring is 1. The summed E-state index contributed by atoms with van der Waals surface area (Å²) >= 11 is 5.71. The molecule has 1 aromatic rings. The zero-order chi connectivity index (χ0) is 11.4. The number of benzene rings is 1. The molecule has 0 radical (unpaired) electrons. The molecule has 0 bridgehead atoms. The minimum atomic E-state index is -0.357. The number of ketones is 1. The predicted molar refractivity (Wildman–Crippen MR) is 59.8 cm³/mol. The molecule has 0 saturated carbocycles. The third-order valence-electron chi connectivity index (χ3n) is 1.69. The molecule has 0 aliphatic heterocycles. The van der Waals surface area contributed by atoms with E-state index in [0.717, 1.165) is 0 Å². The summed E-state index contributed by atoms with van der Waals surface area (Å²) in [6.45, 7) is 1.36. The third kappa shape index (κ3) is 3.59. The number of hydrogen-bond acceptors (Lipinski definition) is 3. The van der Waals surface area contributed by atoms with Crippen molar-refractivity contribution in [2.75, 3.05) is 11.1 Å². The highest BCUT2D eigenvalue weighted by Crippen LogP contribution is 2.22. The maximum atomic E-state index is 11.2. The number of carbonyl (C=O) groups is 2. The number of rotatable bonds is 3. The summed E-state index contributed by atoms with van der Waals surface area (Å²) in [6.07, 6.45) is -0.136. The van der Waals surface area contributed by atoms with E-state index in [9.17, 15) is 9.59 Å². The standard InChI is InChI=1S/C10H11ClN2O2/c1-6(14)4-10(15)13-7-2-3-8(11)9(12)5-7/h2-3,5H,4,12H2,1H3,(H,13,15). The van der Waals surface area contributed by atoms with Crippen molar-refractivity contribution in [3.05, 3.63) is 23.2 Å². The Hall–Kier alpha value is -1.55. The lowest BCUT2D eigenvalue weighted by atomic mass is 10.2. The summed E-state index contributed by atoms with van der Waals surface area (Å²) in [7, 11) is 0. The van der Waals surface area contributed by atoms with Crippen LogP contribution >= 0.6 is 11.6 Å². The molecular formula is C10H11ClN2O2. The van der Waals surface area contributed by atoms with Gasteiger partial charge in [-0.3, -0.25) is 9.59 Å². The Balaban J connectivity index is 2.69. The Labute approximate surface area is 92.4 Å². The van der Waals surface area contributed by atoms with Crippen LogP contribution < -0.4 is 11.1 Å². The number of hydrogen-bond donors (Lipinski definition) is 2. The topological polar surface area (TPSA) is 72.2 Å². The van der Waals surface area contributed by atoms with Crippen LogP contribution in [0, 0.1) is 0 Å². The van der Waals surface area contributed by atoms with E-state index < -0.39 is 0 Å². The van der Waals surface area contributed by atoms with Gasteiger partial charge in [-0.2, -0.15) is 0 Å². The third-order valence-corrected chi connectivity index (χ3v) is 2.03. The lowest BCUT2D eigenvalue weighted by Crippen LogP contribution is -2.14. The normalized spacial score (nSPS) is 9.73. The van der Waals surface area contributed by atoms with E-state index in [1.807, 2.05) is 0 Å². The highest BCUT2D eigenvalue weighted by molar-refractivity contribution is 6.33. The van der Waals surface area contributed by atoms with E-state index in [1.54, 1.807) is 18.2 Å². The Kier molecular flexibility index (Phi) is 3.68. The second kappa shape index (κ2) is 4.79. The number of nitrogens with two attached hydrogens (primary N) is 1. The van der Waals surface area contributed by atoms with Crippen LogP contribution in [0.4, 0.5) is 11.4 Å². The maximum Gasteiger partial charge on any atom is 0.231 e. The number of carbonyl (C=O) groups excluding carboxylic acids is 2. The van der Waals surface area contributed by atoms with Gasteiger partial charge in [0.1, 0.15) is 5.78 Å². The molecule has 4 nitrogen and oxygen atoms in total. The number of halogens is 1. The first kappa shape index (κ1) is 11.5. The first-order valence-electron chi connectivity index (χ1n) is 4.33. The first-order valence-corrected chi connectivity index (χ1v) is 4.71. The molecular weight excluding hydrogens is 216 g/mol. The fraction of sp³-hybridized carbons (Fsp3) is 0.200. The lowest BCUT2D eigenvalue weighted by Gasteiger charge is -2.05. The lowest BCUT2D eigenvalue weighted by molar-refractivity contribution is -0.124. The molecule has 3 N–H and O–H groups in total. The summed E-state index contributed by atoms with van der Waals surface area (Å²) in [6, 6.07) is 4.75. The molecule has 1 amide bonds. The zero-order valence-electron chi connectivity index (χ0n) is 8.21. The molecule has 0 aromatic heterocycles. The Bertz CT molecular complexity index is 404. The highest BCUT2D eigenvalue weighted by Gasteiger charge is 2.06. The molecule has 0 aliphatic rings. The van der Waals surface area contributed by atoms with Gasteiger partial charge in [0.05, 0.1) is 17.1 Å². The van der Waals surface area contributed by atoms with Gasteiger partial charge in [-0.15, -0.1) is 0 Å². The molecule has 1 rings (SSSR count). The zero-order valence-corrected chi connectivity index (χ0v) is 8.97. The van der Waals surface area contributed by atoms with Crippen molar-refractivity contribution < 1.29 is 9.59 Å². The van der Waals surface area contributed by atoms with Gasteiger partial charge in [0.15, 0.2) is 0 Å². The van der Waals surface area contributed by atoms with E-state index in [0.29, 0.717) is 16.4 Å². The van der Waals surface area contributed by atoms with Gasteiger partial charge in [0.25, 0.3) is 0 Å². The summed E-state index contributed by atoms with van der Waals surface area (Å²) in [4.78, 5) is 21.9. The largest absolute Gasteiger partial charge is 0.397 e.